The monoisotopic (exact) mass is 202 g/mol. The fourth-order valence-corrected chi connectivity index (χ4v) is 4.77. The maximum absolute atomic E-state index is 4.27. The number of allylic oxidation sites excluding steroid dienone is 3. The Bertz CT molecular complexity index is 358. The van der Waals surface area contributed by atoms with E-state index < -0.39 is 0 Å². The van der Waals surface area contributed by atoms with E-state index in [1.54, 1.807) is 5.57 Å². The maximum atomic E-state index is 4.27. The van der Waals surface area contributed by atoms with Crippen LogP contribution in [0.4, 0.5) is 0 Å². The molecular formula is C15H22. The predicted molar refractivity (Wildman–Crippen MR) is 64.6 cm³/mol. The van der Waals surface area contributed by atoms with E-state index in [9.17, 15) is 0 Å². The molecule has 3 aliphatic carbocycles. The summed E-state index contributed by atoms with van der Waals surface area (Å²) >= 11 is 0. The normalized spacial score (nSPS) is 46.6. The van der Waals surface area contributed by atoms with Gasteiger partial charge < -0.3 is 0 Å². The van der Waals surface area contributed by atoms with E-state index in [0.29, 0.717) is 10.8 Å². The molecule has 3 rings (SSSR count). The van der Waals surface area contributed by atoms with Gasteiger partial charge in [0, 0.05) is 0 Å². The maximum Gasteiger partial charge on any atom is -0.00468 e. The molecule has 0 amide bonds. The molecule has 0 aliphatic heterocycles. The minimum Gasteiger partial charge on any atom is -0.0955 e. The molecule has 0 unspecified atom stereocenters. The minimum atomic E-state index is 0.401. The molecule has 0 radical (unpaired) electrons. The molecule has 1 spiro atoms. The Kier molecular flexibility index (Phi) is 1.67. The quantitative estimate of drug-likeness (QED) is 0.548. The Morgan fingerprint density at radius 1 is 1.33 bits per heavy atom. The molecule has 0 nitrogen and oxygen atoms in total. The lowest BCUT2D eigenvalue weighted by Crippen LogP contribution is -2.31. The molecule has 0 aromatic rings. The van der Waals surface area contributed by atoms with Crippen LogP contribution in [0.25, 0.3) is 0 Å². The highest BCUT2D eigenvalue weighted by atomic mass is 14.6. The summed E-state index contributed by atoms with van der Waals surface area (Å²) in [7, 11) is 0. The van der Waals surface area contributed by atoms with Crippen LogP contribution in [0.3, 0.4) is 0 Å². The van der Waals surface area contributed by atoms with Crippen LogP contribution in [0.5, 0.6) is 0 Å². The zero-order chi connectivity index (χ0) is 10.8. The highest BCUT2D eigenvalue weighted by molar-refractivity contribution is 5.46. The van der Waals surface area contributed by atoms with Crippen molar-refractivity contribution in [2.24, 2.45) is 22.7 Å². The van der Waals surface area contributed by atoms with Gasteiger partial charge >= 0.3 is 0 Å². The first-order valence-corrected chi connectivity index (χ1v) is 6.40. The van der Waals surface area contributed by atoms with Crippen molar-refractivity contribution in [2.45, 2.75) is 46.5 Å². The average molecular weight is 202 g/mol. The lowest BCUT2D eigenvalue weighted by Gasteiger charge is -2.36. The van der Waals surface area contributed by atoms with Gasteiger partial charge in [0.15, 0.2) is 0 Å². The fraction of sp³-hybridized carbons (Fsp3) is 0.733. The third-order valence-electron chi connectivity index (χ3n) is 5.67. The van der Waals surface area contributed by atoms with E-state index in [0.717, 1.165) is 11.8 Å². The zero-order valence-electron chi connectivity index (χ0n) is 10.3. The summed E-state index contributed by atoms with van der Waals surface area (Å²) in [6.45, 7) is 11.6. The van der Waals surface area contributed by atoms with Crippen LogP contribution in [0.1, 0.15) is 46.5 Å². The smallest absolute Gasteiger partial charge is 0.00468 e. The third kappa shape index (κ3) is 0.940. The van der Waals surface area contributed by atoms with Gasteiger partial charge in [0.25, 0.3) is 0 Å². The Hall–Kier alpha value is -0.520. The van der Waals surface area contributed by atoms with Gasteiger partial charge in [-0.1, -0.05) is 39.0 Å². The van der Waals surface area contributed by atoms with Crippen LogP contribution in [0, 0.1) is 22.7 Å². The topological polar surface area (TPSA) is 0 Å². The lowest BCUT2D eigenvalue weighted by atomic mass is 9.67. The molecule has 15 heavy (non-hydrogen) atoms. The summed E-state index contributed by atoms with van der Waals surface area (Å²) in [4.78, 5) is 0. The molecule has 2 bridgehead atoms. The van der Waals surface area contributed by atoms with Crippen molar-refractivity contribution in [3.63, 3.8) is 0 Å². The first-order valence-electron chi connectivity index (χ1n) is 6.40. The molecule has 0 aromatic heterocycles. The summed E-state index contributed by atoms with van der Waals surface area (Å²) in [5.74, 6) is 1.79. The van der Waals surface area contributed by atoms with Gasteiger partial charge in [-0.3, -0.25) is 0 Å². The van der Waals surface area contributed by atoms with Crippen LogP contribution in [-0.2, 0) is 0 Å². The molecular weight excluding hydrogens is 180 g/mol. The van der Waals surface area contributed by atoms with E-state index in [2.05, 4.69) is 33.4 Å². The Morgan fingerprint density at radius 2 is 2.07 bits per heavy atom. The van der Waals surface area contributed by atoms with Crippen molar-refractivity contribution in [3.05, 3.63) is 23.8 Å². The van der Waals surface area contributed by atoms with Gasteiger partial charge in [-0.2, -0.15) is 0 Å². The Labute approximate surface area is 93.5 Å². The third-order valence-corrected chi connectivity index (χ3v) is 5.67. The van der Waals surface area contributed by atoms with Gasteiger partial charge in [0.05, 0.1) is 0 Å². The van der Waals surface area contributed by atoms with Gasteiger partial charge in [-0.25, -0.2) is 0 Å². The van der Waals surface area contributed by atoms with Gasteiger partial charge in [0.2, 0.25) is 0 Å². The van der Waals surface area contributed by atoms with Crippen molar-refractivity contribution in [1.29, 1.82) is 0 Å². The highest BCUT2D eigenvalue weighted by Crippen LogP contribution is 2.68. The molecule has 82 valence electrons. The summed E-state index contributed by atoms with van der Waals surface area (Å²) in [5.41, 5.74) is 3.98. The second-order valence-electron chi connectivity index (χ2n) is 6.53. The van der Waals surface area contributed by atoms with Crippen molar-refractivity contribution in [1.82, 2.24) is 0 Å². The molecule has 1 saturated carbocycles. The Balaban J connectivity index is 2.17. The van der Waals surface area contributed by atoms with Gasteiger partial charge in [0.1, 0.15) is 0 Å². The standard InChI is InChI=1S/C15H22/c1-10-7-8-15-9-12(10)14(3,4)13(15)6-5-11(15)2/h9,11,13H,1,5-8H2,2-4H3/t11-,13-,15-/m1/s1. The predicted octanol–water partition coefficient (Wildman–Crippen LogP) is 4.34. The second kappa shape index (κ2) is 2.59. The van der Waals surface area contributed by atoms with E-state index in [-0.39, 0.29) is 0 Å². The van der Waals surface area contributed by atoms with Crippen LogP contribution < -0.4 is 0 Å². The first kappa shape index (κ1) is 9.69. The molecule has 0 aromatic carbocycles. The minimum absolute atomic E-state index is 0.401. The fourth-order valence-electron chi connectivity index (χ4n) is 4.77. The van der Waals surface area contributed by atoms with Crippen molar-refractivity contribution in [3.8, 4) is 0 Å². The summed E-state index contributed by atoms with van der Waals surface area (Å²) < 4.78 is 0. The average Bonchev–Trinajstić information content (AvgIpc) is 2.57. The molecule has 0 N–H and O–H groups in total. The zero-order valence-corrected chi connectivity index (χ0v) is 10.3. The second-order valence-corrected chi connectivity index (χ2v) is 6.53. The van der Waals surface area contributed by atoms with E-state index >= 15 is 0 Å². The molecule has 3 atom stereocenters. The summed E-state index contributed by atoms with van der Waals surface area (Å²) in [6, 6.07) is 0. The van der Waals surface area contributed by atoms with Crippen LogP contribution in [-0.4, -0.2) is 0 Å². The summed E-state index contributed by atoms with van der Waals surface area (Å²) in [6.07, 6.45) is 8.10. The molecule has 1 fully saturated rings. The molecule has 0 saturated heterocycles. The van der Waals surface area contributed by atoms with Crippen molar-refractivity contribution < 1.29 is 0 Å². The van der Waals surface area contributed by atoms with E-state index in [1.807, 2.05) is 0 Å². The van der Waals surface area contributed by atoms with Crippen LogP contribution in [0.15, 0.2) is 23.8 Å². The molecule has 0 heteroatoms. The number of hydrogen-bond acceptors (Lipinski definition) is 0. The molecule has 0 heterocycles. The number of hydrogen-bond donors (Lipinski definition) is 0. The van der Waals surface area contributed by atoms with Crippen LogP contribution in [0.2, 0.25) is 0 Å². The van der Waals surface area contributed by atoms with Gasteiger partial charge in [-0.15, -0.1) is 0 Å². The van der Waals surface area contributed by atoms with E-state index in [4.69, 9.17) is 0 Å². The lowest BCUT2D eigenvalue weighted by molar-refractivity contribution is 0.146. The van der Waals surface area contributed by atoms with Crippen LogP contribution >= 0.6 is 0 Å². The SMILES string of the molecule is C=C1CC[C@]23C=C1C(C)(C)[C@H]2CC[C@H]3C. The van der Waals surface area contributed by atoms with Gasteiger partial charge in [-0.05, 0) is 53.9 Å². The Morgan fingerprint density at radius 3 is 2.80 bits per heavy atom. The summed E-state index contributed by atoms with van der Waals surface area (Å²) in [5, 5.41) is 0. The largest absolute Gasteiger partial charge is 0.0955 e. The first-order chi connectivity index (χ1) is 6.98. The highest BCUT2D eigenvalue weighted by Gasteiger charge is 2.59. The molecule has 3 aliphatic rings. The van der Waals surface area contributed by atoms with E-state index in [1.165, 1.54) is 31.3 Å². The number of rotatable bonds is 0. The van der Waals surface area contributed by atoms with Crippen molar-refractivity contribution >= 4 is 0 Å². The van der Waals surface area contributed by atoms with Crippen molar-refractivity contribution in [2.75, 3.05) is 0 Å².